The van der Waals surface area contributed by atoms with Crippen LogP contribution in [0, 0.1) is 18.8 Å². The van der Waals surface area contributed by atoms with Crippen molar-refractivity contribution in [3.63, 3.8) is 0 Å². The Bertz CT molecular complexity index is 1010. The van der Waals surface area contributed by atoms with Gasteiger partial charge in [0.05, 0.1) is 5.69 Å². The number of nitrogens with one attached hydrogen (secondary N) is 1. The molecule has 0 aliphatic carbocycles. The number of aryl methyl sites for hydroxylation is 2. The number of carbonyl (C=O) groups excluding carboxylic acids is 1. The van der Waals surface area contributed by atoms with Crippen molar-refractivity contribution in [2.75, 3.05) is 18.0 Å². The maximum atomic E-state index is 12.3. The summed E-state index contributed by atoms with van der Waals surface area (Å²) in [6, 6.07) is 3.79. The summed E-state index contributed by atoms with van der Waals surface area (Å²) in [4.78, 5) is 28.0. The predicted octanol–water partition coefficient (Wildman–Crippen LogP) is 3.05. The van der Waals surface area contributed by atoms with Crippen molar-refractivity contribution in [1.29, 1.82) is 0 Å². The molecule has 0 radical (unpaired) electrons. The fourth-order valence-electron chi connectivity index (χ4n) is 4.21. The Hall–Kier alpha value is -3.03. The third-order valence-electron chi connectivity index (χ3n) is 5.49. The van der Waals surface area contributed by atoms with E-state index >= 15 is 0 Å². The Balaban J connectivity index is 1.48. The molecule has 0 aromatic carbocycles. The molecule has 0 unspecified atom stereocenters. The van der Waals surface area contributed by atoms with E-state index in [4.69, 9.17) is 9.51 Å². The monoisotopic (exact) mass is 408 g/mol. The molecule has 4 rings (SSSR count). The van der Waals surface area contributed by atoms with Gasteiger partial charge in [-0.15, -0.1) is 0 Å². The molecule has 1 aliphatic heterocycles. The lowest BCUT2D eigenvalue weighted by atomic mass is 9.92. The largest absolute Gasteiger partial charge is 0.355 e. The standard InChI is InChI=1S/C22H28N6O2/c1-14-9-15(2)13-28(12-14)21-20-16(3)27-30-22(20)26-18(25-21)6-7-19(29)24-11-17-5-4-8-23-10-17/h4-5,8,10,14-15H,6-7,9,11-13H2,1-3H3,(H,24,29)/t14-,15-/m1/s1. The number of hydrogen-bond donors (Lipinski definition) is 1. The Morgan fingerprint density at radius 2 is 2.07 bits per heavy atom. The molecule has 1 N–H and O–H groups in total. The summed E-state index contributed by atoms with van der Waals surface area (Å²) in [6.45, 7) is 8.83. The van der Waals surface area contributed by atoms with Gasteiger partial charge in [0, 0.05) is 44.9 Å². The van der Waals surface area contributed by atoms with E-state index in [0.29, 0.717) is 42.8 Å². The molecular weight excluding hydrogens is 380 g/mol. The van der Waals surface area contributed by atoms with Crippen LogP contribution in [-0.2, 0) is 17.8 Å². The molecule has 3 aromatic heterocycles. The number of anilines is 1. The number of pyridine rings is 1. The average Bonchev–Trinajstić information content (AvgIpc) is 3.11. The van der Waals surface area contributed by atoms with Crippen LogP contribution in [0.15, 0.2) is 29.0 Å². The molecule has 8 heteroatoms. The van der Waals surface area contributed by atoms with Crippen molar-refractivity contribution < 1.29 is 9.32 Å². The normalized spacial score (nSPS) is 19.2. The first-order chi connectivity index (χ1) is 14.5. The van der Waals surface area contributed by atoms with Crippen molar-refractivity contribution in [1.82, 2.24) is 25.4 Å². The molecule has 8 nitrogen and oxygen atoms in total. The molecule has 1 aliphatic rings. The molecule has 0 bridgehead atoms. The number of rotatable bonds is 6. The SMILES string of the molecule is Cc1noc2nc(CCC(=O)NCc3cccnc3)nc(N3C[C@H](C)C[C@@H](C)C3)c12. The molecule has 30 heavy (non-hydrogen) atoms. The molecule has 1 amide bonds. The number of aromatic nitrogens is 4. The van der Waals surface area contributed by atoms with Gasteiger partial charge in [-0.05, 0) is 36.8 Å². The van der Waals surface area contributed by atoms with Crippen LogP contribution in [0.2, 0.25) is 0 Å². The summed E-state index contributed by atoms with van der Waals surface area (Å²) >= 11 is 0. The molecule has 4 heterocycles. The third kappa shape index (κ3) is 4.58. The first-order valence-corrected chi connectivity index (χ1v) is 10.5. The van der Waals surface area contributed by atoms with Crippen molar-refractivity contribution in [3.8, 4) is 0 Å². The highest BCUT2D eigenvalue weighted by molar-refractivity contribution is 5.88. The second kappa shape index (κ2) is 8.77. The minimum atomic E-state index is -0.0435. The van der Waals surface area contributed by atoms with Crippen LogP contribution in [-0.4, -0.2) is 39.1 Å². The Morgan fingerprint density at radius 3 is 2.80 bits per heavy atom. The summed E-state index contributed by atoms with van der Waals surface area (Å²) in [6.07, 6.45) is 5.44. The van der Waals surface area contributed by atoms with E-state index in [-0.39, 0.29) is 5.91 Å². The number of hydrogen-bond acceptors (Lipinski definition) is 7. The fourth-order valence-corrected chi connectivity index (χ4v) is 4.21. The minimum Gasteiger partial charge on any atom is -0.355 e. The lowest BCUT2D eigenvalue weighted by Gasteiger charge is -2.36. The fraction of sp³-hybridized carbons (Fsp3) is 0.500. The highest BCUT2D eigenvalue weighted by Crippen LogP contribution is 2.31. The lowest BCUT2D eigenvalue weighted by Crippen LogP contribution is -2.39. The van der Waals surface area contributed by atoms with Crippen molar-refractivity contribution in [2.24, 2.45) is 11.8 Å². The Morgan fingerprint density at radius 1 is 1.27 bits per heavy atom. The highest BCUT2D eigenvalue weighted by Gasteiger charge is 2.27. The van der Waals surface area contributed by atoms with Crippen molar-refractivity contribution in [3.05, 3.63) is 41.6 Å². The average molecular weight is 409 g/mol. The zero-order valence-corrected chi connectivity index (χ0v) is 17.8. The first kappa shape index (κ1) is 20.3. The zero-order valence-electron chi connectivity index (χ0n) is 17.8. The topological polar surface area (TPSA) is 97.0 Å². The lowest BCUT2D eigenvalue weighted by molar-refractivity contribution is -0.121. The zero-order chi connectivity index (χ0) is 21.1. The second-order valence-corrected chi connectivity index (χ2v) is 8.40. The molecule has 2 atom stereocenters. The van der Waals surface area contributed by atoms with Crippen LogP contribution in [0.4, 0.5) is 5.82 Å². The quantitative estimate of drug-likeness (QED) is 0.669. The van der Waals surface area contributed by atoms with Gasteiger partial charge in [-0.3, -0.25) is 9.78 Å². The van der Waals surface area contributed by atoms with Crippen LogP contribution in [0.3, 0.4) is 0 Å². The van der Waals surface area contributed by atoms with Crippen molar-refractivity contribution in [2.45, 2.75) is 46.6 Å². The van der Waals surface area contributed by atoms with Crippen LogP contribution >= 0.6 is 0 Å². The second-order valence-electron chi connectivity index (χ2n) is 8.40. The van der Waals surface area contributed by atoms with Crippen LogP contribution in [0.25, 0.3) is 11.1 Å². The van der Waals surface area contributed by atoms with Crippen LogP contribution in [0.5, 0.6) is 0 Å². The van der Waals surface area contributed by atoms with Crippen LogP contribution < -0.4 is 10.2 Å². The number of amides is 1. The summed E-state index contributed by atoms with van der Waals surface area (Å²) in [5.74, 6) is 2.64. The smallest absolute Gasteiger partial charge is 0.263 e. The van der Waals surface area contributed by atoms with Gasteiger partial charge in [-0.2, -0.15) is 4.98 Å². The summed E-state index contributed by atoms with van der Waals surface area (Å²) in [7, 11) is 0. The third-order valence-corrected chi connectivity index (χ3v) is 5.49. The van der Waals surface area contributed by atoms with E-state index in [2.05, 4.69) is 39.2 Å². The van der Waals surface area contributed by atoms with E-state index in [0.717, 1.165) is 35.6 Å². The summed E-state index contributed by atoms with van der Waals surface area (Å²) < 4.78 is 5.45. The number of nitrogens with zero attached hydrogens (tertiary/aromatic N) is 5. The highest BCUT2D eigenvalue weighted by atomic mass is 16.5. The molecule has 158 valence electrons. The van der Waals surface area contributed by atoms with E-state index in [1.807, 2.05) is 19.1 Å². The Labute approximate surface area is 176 Å². The molecule has 3 aromatic rings. The molecule has 0 saturated carbocycles. The van der Waals surface area contributed by atoms with Gasteiger partial charge >= 0.3 is 0 Å². The van der Waals surface area contributed by atoms with Crippen LogP contribution in [0.1, 0.15) is 43.8 Å². The first-order valence-electron chi connectivity index (χ1n) is 10.5. The van der Waals surface area contributed by atoms with Gasteiger partial charge in [0.2, 0.25) is 5.91 Å². The van der Waals surface area contributed by atoms with E-state index in [1.54, 1.807) is 12.4 Å². The van der Waals surface area contributed by atoms with Gasteiger partial charge in [0.1, 0.15) is 17.0 Å². The predicted molar refractivity (Wildman–Crippen MR) is 114 cm³/mol. The van der Waals surface area contributed by atoms with Gasteiger partial charge in [0.15, 0.2) is 0 Å². The van der Waals surface area contributed by atoms with Crippen molar-refractivity contribution >= 4 is 22.8 Å². The van der Waals surface area contributed by atoms with E-state index in [9.17, 15) is 4.79 Å². The van der Waals surface area contributed by atoms with Gasteiger partial charge < -0.3 is 14.7 Å². The molecule has 0 spiro atoms. The maximum absolute atomic E-state index is 12.3. The molecule has 1 fully saturated rings. The Kier molecular flexibility index (Phi) is 5.92. The van der Waals surface area contributed by atoms with Gasteiger partial charge in [0.25, 0.3) is 5.71 Å². The molecular formula is C22H28N6O2. The number of fused-ring (bicyclic) bond motifs is 1. The van der Waals surface area contributed by atoms with E-state index < -0.39 is 0 Å². The summed E-state index contributed by atoms with van der Waals surface area (Å²) in [5, 5.41) is 7.89. The number of piperidine rings is 1. The van der Waals surface area contributed by atoms with Gasteiger partial charge in [-0.25, -0.2) is 4.98 Å². The summed E-state index contributed by atoms with van der Waals surface area (Å²) in [5.41, 5.74) is 2.26. The van der Waals surface area contributed by atoms with Gasteiger partial charge in [-0.1, -0.05) is 25.1 Å². The number of carbonyl (C=O) groups is 1. The molecule has 1 saturated heterocycles. The maximum Gasteiger partial charge on any atom is 0.263 e. The van der Waals surface area contributed by atoms with E-state index in [1.165, 1.54) is 6.42 Å². The minimum absolute atomic E-state index is 0.0435.